The van der Waals surface area contributed by atoms with E-state index in [0.717, 1.165) is 41.1 Å². The zero-order valence-electron chi connectivity index (χ0n) is 17.0. The SMILES string of the molecule is Cc1cccc(NC(=O)c2c(N=Cc3ccco3)sc3c2CCCCCC3)c1C. The molecule has 0 atom stereocenters. The number of carbonyl (C=O) groups excluding carboxylic acids is 1. The minimum Gasteiger partial charge on any atom is -0.463 e. The van der Waals surface area contributed by atoms with Gasteiger partial charge in [0.1, 0.15) is 10.8 Å². The highest BCUT2D eigenvalue weighted by Gasteiger charge is 2.24. The summed E-state index contributed by atoms with van der Waals surface area (Å²) in [5, 5.41) is 3.92. The number of benzene rings is 1. The molecule has 0 fully saturated rings. The first-order valence-corrected chi connectivity index (χ1v) is 11.0. The van der Waals surface area contributed by atoms with Crippen molar-refractivity contribution < 1.29 is 9.21 Å². The van der Waals surface area contributed by atoms with Crippen molar-refractivity contribution in [3.63, 3.8) is 0 Å². The number of thiophene rings is 1. The minimum absolute atomic E-state index is 0.0663. The lowest BCUT2D eigenvalue weighted by Gasteiger charge is -2.13. The number of anilines is 1. The maximum absolute atomic E-state index is 13.4. The summed E-state index contributed by atoms with van der Waals surface area (Å²) in [7, 11) is 0. The highest BCUT2D eigenvalue weighted by Crippen LogP contribution is 2.39. The molecule has 0 saturated heterocycles. The number of aliphatic imine (C=N–C) groups is 1. The van der Waals surface area contributed by atoms with Gasteiger partial charge in [0.05, 0.1) is 18.0 Å². The molecule has 1 aliphatic carbocycles. The molecular weight excluding hydrogens is 380 g/mol. The smallest absolute Gasteiger partial charge is 0.259 e. The van der Waals surface area contributed by atoms with Crippen LogP contribution in [-0.2, 0) is 12.8 Å². The number of aryl methyl sites for hydroxylation is 2. The van der Waals surface area contributed by atoms with Crippen molar-refractivity contribution in [2.45, 2.75) is 52.4 Å². The Hall–Kier alpha value is -2.66. The minimum atomic E-state index is -0.0663. The fraction of sp³-hybridized carbons (Fsp3) is 0.333. The predicted octanol–water partition coefficient (Wildman–Crippen LogP) is 6.62. The second-order valence-electron chi connectivity index (χ2n) is 7.57. The van der Waals surface area contributed by atoms with Crippen molar-refractivity contribution in [2.75, 3.05) is 5.32 Å². The third kappa shape index (κ3) is 4.35. The van der Waals surface area contributed by atoms with Crippen LogP contribution in [0, 0.1) is 13.8 Å². The lowest BCUT2D eigenvalue weighted by Crippen LogP contribution is -2.15. The van der Waals surface area contributed by atoms with Crippen molar-refractivity contribution in [1.29, 1.82) is 0 Å². The number of hydrogen-bond acceptors (Lipinski definition) is 4. The summed E-state index contributed by atoms with van der Waals surface area (Å²) in [6, 6.07) is 9.70. The summed E-state index contributed by atoms with van der Waals surface area (Å²) < 4.78 is 5.38. The highest BCUT2D eigenvalue weighted by atomic mass is 32.1. The lowest BCUT2D eigenvalue weighted by molar-refractivity contribution is 0.102. The van der Waals surface area contributed by atoms with Gasteiger partial charge in [-0.2, -0.15) is 0 Å². The number of furan rings is 1. The van der Waals surface area contributed by atoms with E-state index in [1.807, 2.05) is 31.2 Å². The molecule has 3 aromatic rings. The summed E-state index contributed by atoms with van der Waals surface area (Å²) in [4.78, 5) is 19.4. The monoisotopic (exact) mass is 406 g/mol. The van der Waals surface area contributed by atoms with E-state index in [9.17, 15) is 4.79 Å². The Morgan fingerprint density at radius 1 is 1.10 bits per heavy atom. The molecule has 0 bridgehead atoms. The Bertz CT molecular complexity index is 1030. The van der Waals surface area contributed by atoms with Crippen molar-refractivity contribution in [3.8, 4) is 0 Å². The van der Waals surface area contributed by atoms with Crippen LogP contribution in [0.25, 0.3) is 0 Å². The molecule has 150 valence electrons. The Morgan fingerprint density at radius 2 is 1.93 bits per heavy atom. The number of hydrogen-bond donors (Lipinski definition) is 1. The molecule has 1 amide bonds. The van der Waals surface area contributed by atoms with Gasteiger partial charge in [-0.05, 0) is 74.4 Å². The third-order valence-electron chi connectivity index (χ3n) is 5.58. The van der Waals surface area contributed by atoms with Gasteiger partial charge in [0.2, 0.25) is 0 Å². The van der Waals surface area contributed by atoms with Crippen LogP contribution in [-0.4, -0.2) is 12.1 Å². The summed E-state index contributed by atoms with van der Waals surface area (Å²) in [5.41, 5.74) is 5.04. The van der Waals surface area contributed by atoms with Gasteiger partial charge in [-0.3, -0.25) is 4.79 Å². The number of nitrogens with zero attached hydrogens (tertiary/aromatic N) is 1. The normalized spacial score (nSPS) is 14.4. The van der Waals surface area contributed by atoms with Gasteiger partial charge in [-0.15, -0.1) is 11.3 Å². The topological polar surface area (TPSA) is 54.6 Å². The van der Waals surface area contributed by atoms with Crippen LogP contribution in [0.5, 0.6) is 0 Å². The van der Waals surface area contributed by atoms with Crippen molar-refractivity contribution in [3.05, 3.63) is 69.5 Å². The molecule has 1 N–H and O–H groups in total. The molecule has 0 spiro atoms. The van der Waals surface area contributed by atoms with Crippen LogP contribution in [0.2, 0.25) is 0 Å². The molecule has 4 nitrogen and oxygen atoms in total. The van der Waals surface area contributed by atoms with Gasteiger partial charge in [0.25, 0.3) is 5.91 Å². The average molecular weight is 407 g/mol. The summed E-state index contributed by atoms with van der Waals surface area (Å²) in [6.45, 7) is 4.10. The summed E-state index contributed by atoms with van der Waals surface area (Å²) in [5.74, 6) is 0.620. The van der Waals surface area contributed by atoms with Gasteiger partial charge in [-0.1, -0.05) is 25.0 Å². The fourth-order valence-electron chi connectivity index (χ4n) is 3.79. The molecule has 5 heteroatoms. The molecule has 29 heavy (non-hydrogen) atoms. The van der Waals surface area contributed by atoms with E-state index < -0.39 is 0 Å². The van der Waals surface area contributed by atoms with Crippen molar-refractivity contribution >= 4 is 34.1 Å². The maximum Gasteiger partial charge on any atom is 0.259 e. The first-order chi connectivity index (χ1) is 14.1. The van der Waals surface area contributed by atoms with Crippen molar-refractivity contribution in [2.24, 2.45) is 4.99 Å². The average Bonchev–Trinajstić information content (AvgIpc) is 3.31. The van der Waals surface area contributed by atoms with Gasteiger partial charge in [-0.25, -0.2) is 4.99 Å². The molecule has 1 aliphatic rings. The second-order valence-corrected chi connectivity index (χ2v) is 8.66. The Balaban J connectivity index is 1.72. The standard InChI is InChI=1S/C24H26N2O2S/c1-16-9-7-12-20(17(16)2)26-23(27)22-19-11-5-3-4-6-13-21(19)29-24(22)25-15-18-10-8-14-28-18/h7-10,12,14-15H,3-6,11,13H2,1-2H3,(H,26,27). The van der Waals surface area contributed by atoms with E-state index in [1.165, 1.54) is 35.3 Å². The van der Waals surface area contributed by atoms with Gasteiger partial charge in [0.15, 0.2) is 0 Å². The van der Waals surface area contributed by atoms with Crippen LogP contribution < -0.4 is 5.32 Å². The molecule has 2 aromatic heterocycles. The van der Waals surface area contributed by atoms with Crippen LogP contribution in [0.15, 0.2) is 46.0 Å². The Kier molecular flexibility index (Phi) is 5.95. The quantitative estimate of drug-likeness (QED) is 0.495. The van der Waals surface area contributed by atoms with E-state index in [4.69, 9.17) is 4.42 Å². The molecule has 0 aliphatic heterocycles. The zero-order chi connectivity index (χ0) is 20.2. The molecule has 2 heterocycles. The molecular formula is C24H26N2O2S. The largest absolute Gasteiger partial charge is 0.463 e. The van der Waals surface area contributed by atoms with E-state index in [2.05, 4.69) is 23.3 Å². The first-order valence-electron chi connectivity index (χ1n) is 10.2. The van der Waals surface area contributed by atoms with Crippen LogP contribution in [0.3, 0.4) is 0 Å². The fourth-order valence-corrected chi connectivity index (χ4v) is 5.02. The molecule has 4 rings (SSSR count). The number of fused-ring (bicyclic) bond motifs is 1. The van der Waals surface area contributed by atoms with E-state index >= 15 is 0 Å². The molecule has 1 aromatic carbocycles. The third-order valence-corrected chi connectivity index (χ3v) is 6.78. The Morgan fingerprint density at radius 3 is 2.72 bits per heavy atom. The molecule has 0 saturated carbocycles. The van der Waals surface area contributed by atoms with Gasteiger partial charge >= 0.3 is 0 Å². The van der Waals surface area contributed by atoms with E-state index in [0.29, 0.717) is 5.76 Å². The van der Waals surface area contributed by atoms with Crippen LogP contribution in [0.4, 0.5) is 10.7 Å². The van der Waals surface area contributed by atoms with E-state index in [1.54, 1.807) is 23.8 Å². The predicted molar refractivity (Wildman–Crippen MR) is 120 cm³/mol. The number of nitrogens with one attached hydrogen (secondary N) is 1. The van der Waals surface area contributed by atoms with E-state index in [-0.39, 0.29) is 5.91 Å². The number of amides is 1. The Labute approximate surface area is 175 Å². The van der Waals surface area contributed by atoms with Crippen LogP contribution in [0.1, 0.15) is 63.4 Å². The molecule has 0 radical (unpaired) electrons. The molecule has 0 unspecified atom stereocenters. The summed E-state index contributed by atoms with van der Waals surface area (Å²) >= 11 is 1.65. The van der Waals surface area contributed by atoms with Crippen molar-refractivity contribution in [1.82, 2.24) is 0 Å². The highest BCUT2D eigenvalue weighted by molar-refractivity contribution is 7.16. The zero-order valence-corrected chi connectivity index (χ0v) is 17.8. The number of rotatable bonds is 4. The number of carbonyl (C=O) groups is 1. The van der Waals surface area contributed by atoms with Gasteiger partial charge in [0, 0.05) is 10.6 Å². The maximum atomic E-state index is 13.4. The second kappa shape index (κ2) is 8.78. The van der Waals surface area contributed by atoms with Crippen LogP contribution >= 0.6 is 11.3 Å². The van der Waals surface area contributed by atoms with Gasteiger partial charge < -0.3 is 9.73 Å². The summed E-state index contributed by atoms with van der Waals surface area (Å²) in [6.07, 6.45) is 10.1. The lowest BCUT2D eigenvalue weighted by atomic mass is 9.96. The first kappa shape index (κ1) is 19.6.